The molecule has 118 valence electrons. The van der Waals surface area contributed by atoms with Crippen LogP contribution in [0.5, 0.6) is 5.75 Å². The van der Waals surface area contributed by atoms with Crippen molar-refractivity contribution in [1.29, 1.82) is 0 Å². The van der Waals surface area contributed by atoms with Crippen LogP contribution in [0, 0.1) is 5.92 Å². The predicted octanol–water partition coefficient (Wildman–Crippen LogP) is 4.72. The molecule has 0 spiro atoms. The molecule has 0 saturated heterocycles. The molecule has 1 fully saturated rings. The Bertz CT molecular complexity index is 438. The molecule has 1 aliphatic rings. The smallest absolute Gasteiger partial charge is 0.248 e. The zero-order chi connectivity index (χ0) is 15.3. The number of aliphatic hydroxyl groups excluding tert-OH is 1. The van der Waals surface area contributed by atoms with E-state index in [0.717, 1.165) is 18.4 Å². The van der Waals surface area contributed by atoms with E-state index in [9.17, 15) is 13.9 Å². The normalized spacial score (nSPS) is 20.2. The monoisotopic (exact) mass is 298 g/mol. The van der Waals surface area contributed by atoms with E-state index < -0.39 is 12.0 Å². The zero-order valence-corrected chi connectivity index (χ0v) is 12.5. The summed E-state index contributed by atoms with van der Waals surface area (Å²) < 4.78 is 31.9. The summed E-state index contributed by atoms with van der Waals surface area (Å²) >= 11 is 0. The second kappa shape index (κ2) is 7.21. The Morgan fingerprint density at radius 3 is 2.71 bits per heavy atom. The van der Waals surface area contributed by atoms with Gasteiger partial charge in [-0.2, -0.15) is 0 Å². The Morgan fingerprint density at radius 2 is 2.05 bits per heavy atom. The molecular formula is C17H24F2O2. The van der Waals surface area contributed by atoms with Crippen LogP contribution in [-0.4, -0.2) is 17.6 Å². The minimum absolute atomic E-state index is 0.0315. The molecule has 0 heterocycles. The molecular weight excluding hydrogens is 274 g/mol. The number of hydrogen-bond donors (Lipinski definition) is 1. The number of alkyl halides is 2. The van der Waals surface area contributed by atoms with Gasteiger partial charge in [0.05, 0.1) is 12.7 Å². The third-order valence-electron chi connectivity index (χ3n) is 4.13. The Hall–Kier alpha value is -1.16. The molecule has 1 N–H and O–H groups in total. The van der Waals surface area contributed by atoms with Gasteiger partial charge in [0.2, 0.25) is 5.92 Å². The highest BCUT2D eigenvalue weighted by Gasteiger charge is 2.34. The molecule has 0 radical (unpaired) electrons. The van der Waals surface area contributed by atoms with E-state index in [1.165, 1.54) is 0 Å². The summed E-state index contributed by atoms with van der Waals surface area (Å²) in [6.07, 6.45) is 2.15. The summed E-state index contributed by atoms with van der Waals surface area (Å²) in [6.45, 7) is 2.51. The molecule has 1 aromatic carbocycles. The third kappa shape index (κ3) is 4.95. The van der Waals surface area contributed by atoms with Crippen molar-refractivity contribution < 1.29 is 18.6 Å². The topological polar surface area (TPSA) is 29.5 Å². The fraction of sp³-hybridized carbons (Fsp3) is 0.647. The maximum atomic E-state index is 13.1. The first-order valence-corrected chi connectivity index (χ1v) is 7.79. The van der Waals surface area contributed by atoms with Crippen LogP contribution < -0.4 is 4.74 Å². The van der Waals surface area contributed by atoms with E-state index in [1.54, 1.807) is 0 Å². The lowest BCUT2D eigenvalue weighted by atomic mass is 9.87. The zero-order valence-electron chi connectivity index (χ0n) is 12.5. The molecule has 1 saturated carbocycles. The van der Waals surface area contributed by atoms with Crippen LogP contribution in [0.25, 0.3) is 0 Å². The van der Waals surface area contributed by atoms with Gasteiger partial charge in [0, 0.05) is 12.8 Å². The molecule has 1 aliphatic carbocycles. The van der Waals surface area contributed by atoms with Crippen LogP contribution in [0.15, 0.2) is 24.3 Å². The molecule has 1 unspecified atom stereocenters. The third-order valence-corrected chi connectivity index (χ3v) is 4.13. The Kier molecular flexibility index (Phi) is 5.57. The van der Waals surface area contributed by atoms with Gasteiger partial charge >= 0.3 is 0 Å². The minimum atomic E-state index is -2.49. The van der Waals surface area contributed by atoms with Crippen LogP contribution in [0.2, 0.25) is 0 Å². The van der Waals surface area contributed by atoms with Gasteiger partial charge in [-0.15, -0.1) is 0 Å². The molecule has 2 nitrogen and oxygen atoms in total. The van der Waals surface area contributed by atoms with Crippen molar-refractivity contribution in [2.45, 2.75) is 57.5 Å². The van der Waals surface area contributed by atoms with Gasteiger partial charge in [-0.1, -0.05) is 25.5 Å². The highest BCUT2D eigenvalue weighted by Crippen LogP contribution is 2.36. The van der Waals surface area contributed by atoms with E-state index >= 15 is 0 Å². The molecule has 4 heteroatoms. The number of ether oxygens (including phenoxy) is 1. The molecule has 0 aromatic heterocycles. The first-order valence-electron chi connectivity index (χ1n) is 7.79. The SMILES string of the molecule is CCCC(O)c1cccc(OCC2CCC(F)(F)CC2)c1. The Labute approximate surface area is 125 Å². The molecule has 21 heavy (non-hydrogen) atoms. The van der Waals surface area contributed by atoms with Gasteiger partial charge in [0.1, 0.15) is 5.75 Å². The quantitative estimate of drug-likeness (QED) is 0.823. The van der Waals surface area contributed by atoms with Gasteiger partial charge < -0.3 is 9.84 Å². The lowest BCUT2D eigenvalue weighted by molar-refractivity contribution is -0.0498. The van der Waals surface area contributed by atoms with Crippen LogP contribution in [0.3, 0.4) is 0 Å². The molecule has 1 atom stereocenters. The van der Waals surface area contributed by atoms with E-state index in [4.69, 9.17) is 4.74 Å². The first-order chi connectivity index (χ1) is 10.00. The van der Waals surface area contributed by atoms with E-state index in [1.807, 2.05) is 31.2 Å². The van der Waals surface area contributed by atoms with Crippen LogP contribution in [0.4, 0.5) is 8.78 Å². The van der Waals surface area contributed by atoms with Crippen molar-refractivity contribution in [3.63, 3.8) is 0 Å². The fourth-order valence-electron chi connectivity index (χ4n) is 2.73. The highest BCUT2D eigenvalue weighted by atomic mass is 19.3. The molecule has 1 aromatic rings. The van der Waals surface area contributed by atoms with Crippen molar-refractivity contribution in [3.8, 4) is 5.75 Å². The first kappa shape index (κ1) is 16.2. The number of benzene rings is 1. The number of rotatable bonds is 6. The molecule has 2 rings (SSSR count). The summed E-state index contributed by atoms with van der Waals surface area (Å²) in [5, 5.41) is 9.98. The van der Waals surface area contributed by atoms with Gasteiger partial charge in [-0.3, -0.25) is 0 Å². The largest absolute Gasteiger partial charge is 0.493 e. The van der Waals surface area contributed by atoms with Gasteiger partial charge in [0.25, 0.3) is 0 Å². The predicted molar refractivity (Wildman–Crippen MR) is 78.7 cm³/mol. The fourth-order valence-corrected chi connectivity index (χ4v) is 2.73. The van der Waals surface area contributed by atoms with Crippen molar-refractivity contribution in [1.82, 2.24) is 0 Å². The highest BCUT2D eigenvalue weighted by molar-refractivity contribution is 5.29. The maximum Gasteiger partial charge on any atom is 0.248 e. The van der Waals surface area contributed by atoms with Crippen molar-refractivity contribution in [2.75, 3.05) is 6.61 Å². The second-order valence-corrected chi connectivity index (χ2v) is 5.99. The summed E-state index contributed by atoms with van der Waals surface area (Å²) in [7, 11) is 0. The van der Waals surface area contributed by atoms with E-state index in [0.29, 0.717) is 25.2 Å². The number of halogens is 2. The van der Waals surface area contributed by atoms with Crippen molar-refractivity contribution >= 4 is 0 Å². The standard InChI is InChI=1S/C17H24F2O2/c1-2-4-16(20)14-5-3-6-15(11-14)21-12-13-7-9-17(18,19)10-8-13/h3,5-6,11,13,16,20H,2,4,7-10,12H2,1H3. The minimum Gasteiger partial charge on any atom is -0.493 e. The summed E-state index contributed by atoms with van der Waals surface area (Å²) in [4.78, 5) is 0. The van der Waals surface area contributed by atoms with Gasteiger partial charge in [-0.25, -0.2) is 8.78 Å². The number of aliphatic hydroxyl groups is 1. The Morgan fingerprint density at radius 1 is 1.33 bits per heavy atom. The lowest BCUT2D eigenvalue weighted by Gasteiger charge is -2.28. The van der Waals surface area contributed by atoms with Crippen LogP contribution in [-0.2, 0) is 0 Å². The average molecular weight is 298 g/mol. The molecule has 0 aliphatic heterocycles. The maximum absolute atomic E-state index is 13.1. The van der Waals surface area contributed by atoms with E-state index in [2.05, 4.69) is 0 Å². The summed E-state index contributed by atoms with van der Waals surface area (Å²) in [6, 6.07) is 7.43. The average Bonchev–Trinajstić information content (AvgIpc) is 2.47. The van der Waals surface area contributed by atoms with Crippen molar-refractivity contribution in [3.05, 3.63) is 29.8 Å². The van der Waals surface area contributed by atoms with Gasteiger partial charge in [0.15, 0.2) is 0 Å². The second-order valence-electron chi connectivity index (χ2n) is 5.99. The lowest BCUT2D eigenvalue weighted by Crippen LogP contribution is -2.27. The van der Waals surface area contributed by atoms with Gasteiger partial charge in [-0.05, 0) is 42.9 Å². The van der Waals surface area contributed by atoms with E-state index in [-0.39, 0.29) is 18.8 Å². The van der Waals surface area contributed by atoms with Crippen molar-refractivity contribution in [2.24, 2.45) is 5.92 Å². The number of hydrogen-bond acceptors (Lipinski definition) is 2. The Balaban J connectivity index is 1.85. The van der Waals surface area contributed by atoms with Crippen LogP contribution in [0.1, 0.15) is 57.1 Å². The molecule has 0 bridgehead atoms. The van der Waals surface area contributed by atoms with Crippen LogP contribution >= 0.6 is 0 Å². The molecule has 0 amide bonds. The summed E-state index contributed by atoms with van der Waals surface area (Å²) in [5.74, 6) is -1.57. The summed E-state index contributed by atoms with van der Waals surface area (Å²) in [5.41, 5.74) is 0.851.